The summed E-state index contributed by atoms with van der Waals surface area (Å²) in [6, 6.07) is 0. The minimum absolute atomic E-state index is 0.0620. The minimum atomic E-state index is -2.31. The number of hydrogen-bond acceptors (Lipinski definition) is 5. The van der Waals surface area contributed by atoms with Gasteiger partial charge in [0.2, 0.25) is 8.32 Å². The van der Waals surface area contributed by atoms with Crippen LogP contribution in [0.15, 0.2) is 0 Å². The van der Waals surface area contributed by atoms with E-state index < -0.39 is 49.7 Å². The zero-order valence-corrected chi connectivity index (χ0v) is 21.5. The molecule has 6 rings (SSSR count). The van der Waals surface area contributed by atoms with Crippen molar-refractivity contribution in [2.75, 3.05) is 0 Å². The summed E-state index contributed by atoms with van der Waals surface area (Å²) >= 11 is 0. The third-order valence-electron chi connectivity index (χ3n) is 11.1. The van der Waals surface area contributed by atoms with E-state index in [9.17, 15) is 20.4 Å². The van der Waals surface area contributed by atoms with Crippen molar-refractivity contribution < 1.29 is 24.9 Å². The van der Waals surface area contributed by atoms with Gasteiger partial charge in [-0.25, -0.2) is 0 Å². The molecule has 4 N–H and O–H groups in total. The van der Waals surface area contributed by atoms with Gasteiger partial charge in [0.15, 0.2) is 0 Å². The zero-order valence-electron chi connectivity index (χ0n) is 20.5. The summed E-state index contributed by atoms with van der Waals surface area (Å²) in [6.07, 6.45) is -1.53. The molecule has 0 amide bonds. The highest BCUT2D eigenvalue weighted by Crippen LogP contribution is 2.85. The Balaban J connectivity index is 1.65. The summed E-state index contributed by atoms with van der Waals surface area (Å²) in [5.74, 6) is 0.223. The Bertz CT molecular complexity index is 745. The van der Waals surface area contributed by atoms with Crippen molar-refractivity contribution in [1.82, 2.24) is 0 Å². The smallest absolute Gasteiger partial charge is 0.200 e. The maximum absolute atomic E-state index is 12.6. The monoisotopic (exact) mass is 452 g/mol. The Morgan fingerprint density at radius 2 is 1.39 bits per heavy atom. The van der Waals surface area contributed by atoms with Crippen LogP contribution in [-0.2, 0) is 4.43 Å². The molecule has 0 aromatic rings. The van der Waals surface area contributed by atoms with Gasteiger partial charge in [0.05, 0.1) is 24.4 Å². The van der Waals surface area contributed by atoms with Crippen molar-refractivity contribution in [2.45, 2.75) is 115 Å². The summed E-state index contributed by atoms with van der Waals surface area (Å²) in [7, 11) is -2.31. The lowest BCUT2D eigenvalue weighted by Gasteiger charge is -2.51. The number of aliphatic hydroxyl groups is 4. The van der Waals surface area contributed by atoms with E-state index in [1.165, 1.54) is 0 Å². The average molecular weight is 453 g/mol. The molecule has 0 saturated heterocycles. The Morgan fingerprint density at radius 3 is 1.90 bits per heavy atom. The SMILES string of the molecule is CC(C)[Si](O[C@@H]1C(C)(C)C[C@]23[C@@H]4[C@@H]5C[C@H]2[C@@H]([C@@H](O)[C@@H](O)[C@@H]54)[C@@H](O)[C@]13O)(C(C)C)C(C)C. The van der Waals surface area contributed by atoms with Crippen LogP contribution in [0.4, 0.5) is 0 Å². The fraction of sp³-hybridized carbons (Fsp3) is 1.00. The fourth-order valence-electron chi connectivity index (χ4n) is 10.5. The first kappa shape index (κ1) is 22.8. The van der Waals surface area contributed by atoms with Gasteiger partial charge in [-0.15, -0.1) is 0 Å². The van der Waals surface area contributed by atoms with Gasteiger partial charge in [-0.2, -0.15) is 0 Å². The predicted molar refractivity (Wildman–Crippen MR) is 122 cm³/mol. The Hall–Kier alpha value is 0.0169. The highest BCUT2D eigenvalue weighted by molar-refractivity contribution is 6.77. The van der Waals surface area contributed by atoms with Crippen LogP contribution >= 0.6 is 0 Å². The van der Waals surface area contributed by atoms with Gasteiger partial charge < -0.3 is 24.9 Å². The maximum Gasteiger partial charge on any atom is 0.200 e. The molecule has 0 unspecified atom stereocenters. The van der Waals surface area contributed by atoms with E-state index in [0.29, 0.717) is 22.5 Å². The molecule has 1 spiro atoms. The van der Waals surface area contributed by atoms with E-state index in [-0.39, 0.29) is 23.2 Å². The quantitative estimate of drug-likeness (QED) is 0.481. The fourth-order valence-corrected chi connectivity index (χ4v) is 16.2. The number of hydrogen-bond donors (Lipinski definition) is 4. The molecule has 0 heterocycles. The molecule has 6 bridgehead atoms. The number of fused-ring (bicyclic) bond motifs is 1. The molecule has 6 aliphatic carbocycles. The highest BCUT2D eigenvalue weighted by Gasteiger charge is 2.90. The molecule has 0 radical (unpaired) electrons. The largest absolute Gasteiger partial charge is 0.410 e. The molecule has 0 aromatic carbocycles. The summed E-state index contributed by atoms with van der Waals surface area (Å²) < 4.78 is 7.31. The standard InChI is InChI=1S/C25H44O5Si/c1-11(2)31(12(3)4,13(5)6)30-22-23(7,8)10-24-15-9-14-16(18(14)24)19(26)20(27)17(15)21(28)25(22,24)29/h11-22,26-29H,9-10H2,1-8H3/t14-,15+,16+,17+,18-,19+,20-,21-,22-,24-,25+/m1/s1. The summed E-state index contributed by atoms with van der Waals surface area (Å²) in [6.45, 7) is 18.0. The van der Waals surface area contributed by atoms with Crippen LogP contribution in [0, 0.1) is 40.4 Å². The van der Waals surface area contributed by atoms with E-state index >= 15 is 0 Å². The van der Waals surface area contributed by atoms with Crippen molar-refractivity contribution in [2.24, 2.45) is 40.4 Å². The van der Waals surface area contributed by atoms with Gasteiger partial charge in [0.1, 0.15) is 5.60 Å². The van der Waals surface area contributed by atoms with Gasteiger partial charge in [0, 0.05) is 11.3 Å². The second-order valence-electron chi connectivity index (χ2n) is 13.5. The molecule has 31 heavy (non-hydrogen) atoms. The lowest BCUT2D eigenvalue weighted by molar-refractivity contribution is -0.189. The Morgan fingerprint density at radius 1 is 0.871 bits per heavy atom. The molecule has 0 aliphatic heterocycles. The highest BCUT2D eigenvalue weighted by atomic mass is 28.4. The van der Waals surface area contributed by atoms with Gasteiger partial charge in [-0.1, -0.05) is 55.4 Å². The van der Waals surface area contributed by atoms with Crippen molar-refractivity contribution in [3.05, 3.63) is 0 Å². The van der Waals surface area contributed by atoms with Gasteiger partial charge >= 0.3 is 0 Å². The van der Waals surface area contributed by atoms with Crippen LogP contribution in [0.1, 0.15) is 68.2 Å². The van der Waals surface area contributed by atoms with Crippen molar-refractivity contribution in [3.63, 3.8) is 0 Å². The van der Waals surface area contributed by atoms with E-state index in [2.05, 4.69) is 55.4 Å². The number of aliphatic hydroxyl groups excluding tert-OH is 3. The zero-order chi connectivity index (χ0) is 23.0. The first-order valence-electron chi connectivity index (χ1n) is 12.7. The minimum Gasteiger partial charge on any atom is -0.410 e. The predicted octanol–water partition coefficient (Wildman–Crippen LogP) is 3.30. The molecule has 178 valence electrons. The average Bonchev–Trinajstić information content (AvgIpc) is 3.21. The molecule has 5 nitrogen and oxygen atoms in total. The van der Waals surface area contributed by atoms with Gasteiger partial charge in [-0.05, 0) is 58.6 Å². The van der Waals surface area contributed by atoms with Gasteiger partial charge in [0.25, 0.3) is 0 Å². The maximum atomic E-state index is 12.6. The molecule has 6 saturated carbocycles. The van der Waals surface area contributed by atoms with Crippen molar-refractivity contribution in [1.29, 1.82) is 0 Å². The van der Waals surface area contributed by atoms with E-state index in [4.69, 9.17) is 4.43 Å². The molecule has 6 aliphatic rings. The third-order valence-corrected chi connectivity index (χ3v) is 17.1. The van der Waals surface area contributed by atoms with E-state index in [0.717, 1.165) is 12.8 Å². The molecule has 0 aromatic heterocycles. The van der Waals surface area contributed by atoms with Crippen LogP contribution < -0.4 is 0 Å². The van der Waals surface area contributed by atoms with Crippen LogP contribution in [0.5, 0.6) is 0 Å². The summed E-state index contributed by atoms with van der Waals surface area (Å²) in [5.41, 5.74) is -0.933. The normalized spacial score (nSPS) is 54.1. The Kier molecular flexibility index (Phi) is 4.68. The Labute approximate surface area is 188 Å². The van der Waals surface area contributed by atoms with Crippen LogP contribution in [-0.4, -0.2) is 58.8 Å². The van der Waals surface area contributed by atoms with Gasteiger partial charge in [-0.3, -0.25) is 0 Å². The van der Waals surface area contributed by atoms with Crippen LogP contribution in [0.2, 0.25) is 16.6 Å². The molecule has 11 atom stereocenters. The molecule has 6 fully saturated rings. The molecule has 6 heteroatoms. The first-order chi connectivity index (χ1) is 14.2. The van der Waals surface area contributed by atoms with Crippen LogP contribution in [0.3, 0.4) is 0 Å². The second kappa shape index (κ2) is 6.36. The van der Waals surface area contributed by atoms with Crippen molar-refractivity contribution >= 4 is 8.32 Å². The van der Waals surface area contributed by atoms with Crippen LogP contribution in [0.25, 0.3) is 0 Å². The topological polar surface area (TPSA) is 90.2 Å². The van der Waals surface area contributed by atoms with E-state index in [1.807, 2.05) is 0 Å². The summed E-state index contributed by atoms with van der Waals surface area (Å²) in [5, 5.41) is 46.2. The first-order valence-corrected chi connectivity index (χ1v) is 14.8. The van der Waals surface area contributed by atoms with E-state index in [1.54, 1.807) is 0 Å². The van der Waals surface area contributed by atoms with Crippen molar-refractivity contribution in [3.8, 4) is 0 Å². The lowest BCUT2D eigenvalue weighted by atomic mass is 9.67. The third kappa shape index (κ3) is 2.26. The number of rotatable bonds is 5. The summed E-state index contributed by atoms with van der Waals surface area (Å²) in [4.78, 5) is 0. The molecular formula is C25H44O5Si. The second-order valence-corrected chi connectivity index (χ2v) is 18.9. The molecular weight excluding hydrogens is 408 g/mol. The lowest BCUT2D eigenvalue weighted by Crippen LogP contribution is -2.64.